The summed E-state index contributed by atoms with van der Waals surface area (Å²) in [7, 11) is 0. The minimum atomic E-state index is 0.103. The summed E-state index contributed by atoms with van der Waals surface area (Å²) in [6.45, 7) is 2.08. The number of aliphatic hydroxyl groups is 2. The van der Waals surface area contributed by atoms with Crippen LogP contribution in [0.2, 0.25) is 0 Å². The van der Waals surface area contributed by atoms with Crippen LogP contribution in [-0.2, 0) is 6.54 Å². The van der Waals surface area contributed by atoms with E-state index in [9.17, 15) is 0 Å². The van der Waals surface area contributed by atoms with Crippen molar-refractivity contribution in [3.63, 3.8) is 0 Å². The van der Waals surface area contributed by atoms with Crippen LogP contribution < -0.4 is 0 Å². The van der Waals surface area contributed by atoms with E-state index in [2.05, 4.69) is 17.1 Å². The number of benzene rings is 1. The molecule has 0 atom stereocenters. The topological polar surface area (TPSA) is 56.6 Å². The molecule has 0 spiro atoms. The van der Waals surface area contributed by atoms with Gasteiger partial charge in [0.1, 0.15) is 0 Å². The van der Waals surface area contributed by atoms with Gasteiger partial charge in [0, 0.05) is 31.4 Å². The molecule has 1 heterocycles. The molecule has 2 rings (SSSR count). The zero-order valence-corrected chi connectivity index (χ0v) is 11.4. The first-order valence-electron chi connectivity index (χ1n) is 6.78. The highest BCUT2D eigenvalue weighted by atomic mass is 16.3. The van der Waals surface area contributed by atoms with Gasteiger partial charge in [-0.2, -0.15) is 0 Å². The monoisotopic (exact) mass is 272 g/mol. The van der Waals surface area contributed by atoms with Crippen LogP contribution in [0.5, 0.6) is 0 Å². The van der Waals surface area contributed by atoms with Crippen molar-refractivity contribution in [1.82, 2.24) is 9.88 Å². The highest BCUT2D eigenvalue weighted by Gasteiger charge is 2.05. The van der Waals surface area contributed by atoms with Gasteiger partial charge in [-0.15, -0.1) is 0 Å². The molecule has 0 aliphatic rings. The average molecular weight is 272 g/mol. The molecule has 2 N–H and O–H groups in total. The summed E-state index contributed by atoms with van der Waals surface area (Å²) < 4.78 is 0. The zero-order valence-electron chi connectivity index (χ0n) is 11.4. The molecule has 4 heteroatoms. The Kier molecular flexibility index (Phi) is 5.68. The van der Waals surface area contributed by atoms with E-state index in [1.807, 2.05) is 35.2 Å². The Hall–Kier alpha value is -1.75. The molecule has 20 heavy (non-hydrogen) atoms. The average Bonchev–Trinajstić information content (AvgIpc) is 2.49. The second-order valence-electron chi connectivity index (χ2n) is 4.64. The second kappa shape index (κ2) is 7.75. The van der Waals surface area contributed by atoms with Gasteiger partial charge in [-0.05, 0) is 17.7 Å². The molecule has 0 amide bonds. The van der Waals surface area contributed by atoms with Crippen LogP contribution in [0.3, 0.4) is 0 Å². The molecule has 0 unspecified atom stereocenters. The first-order chi connectivity index (χ1) is 9.83. The molecule has 4 nitrogen and oxygen atoms in total. The van der Waals surface area contributed by atoms with Crippen molar-refractivity contribution in [2.24, 2.45) is 0 Å². The van der Waals surface area contributed by atoms with Gasteiger partial charge in [0.15, 0.2) is 0 Å². The van der Waals surface area contributed by atoms with E-state index in [4.69, 9.17) is 10.2 Å². The van der Waals surface area contributed by atoms with E-state index in [-0.39, 0.29) is 13.2 Å². The van der Waals surface area contributed by atoms with Crippen molar-refractivity contribution in [1.29, 1.82) is 0 Å². The smallest absolute Gasteiger partial charge is 0.0701 e. The molecule has 106 valence electrons. The summed E-state index contributed by atoms with van der Waals surface area (Å²) in [6, 6.07) is 14.1. The van der Waals surface area contributed by atoms with Crippen molar-refractivity contribution >= 4 is 0 Å². The lowest BCUT2D eigenvalue weighted by Gasteiger charge is -2.20. The van der Waals surface area contributed by atoms with Crippen LogP contribution in [0.15, 0.2) is 48.7 Å². The molecule has 0 saturated heterocycles. The Balaban J connectivity index is 2.04. The zero-order chi connectivity index (χ0) is 14.2. The highest BCUT2D eigenvalue weighted by molar-refractivity contribution is 5.58. The Bertz CT molecular complexity index is 494. The van der Waals surface area contributed by atoms with Gasteiger partial charge in [-0.3, -0.25) is 9.88 Å². The molecule has 0 aliphatic carbocycles. The lowest BCUT2D eigenvalue weighted by atomic mass is 10.1. The van der Waals surface area contributed by atoms with Gasteiger partial charge in [-0.1, -0.05) is 30.3 Å². The molecular formula is C16H20N2O2. The number of aliphatic hydroxyl groups excluding tert-OH is 2. The van der Waals surface area contributed by atoms with Crippen molar-refractivity contribution in [3.8, 4) is 11.3 Å². The maximum Gasteiger partial charge on any atom is 0.0701 e. The van der Waals surface area contributed by atoms with E-state index < -0.39 is 0 Å². The Morgan fingerprint density at radius 3 is 2.15 bits per heavy atom. The van der Waals surface area contributed by atoms with Crippen LogP contribution >= 0.6 is 0 Å². The van der Waals surface area contributed by atoms with Crippen molar-refractivity contribution in [3.05, 3.63) is 54.2 Å². The Morgan fingerprint density at radius 2 is 1.60 bits per heavy atom. The molecule has 0 saturated carbocycles. The third-order valence-electron chi connectivity index (χ3n) is 3.15. The highest BCUT2D eigenvalue weighted by Crippen LogP contribution is 2.17. The van der Waals surface area contributed by atoms with Crippen LogP contribution in [0, 0.1) is 0 Å². The molecule has 0 fully saturated rings. The summed E-state index contributed by atoms with van der Waals surface area (Å²) in [6.07, 6.45) is 1.79. The minimum absolute atomic E-state index is 0.103. The van der Waals surface area contributed by atoms with Gasteiger partial charge >= 0.3 is 0 Å². The maximum atomic E-state index is 9.00. The molecule has 1 aromatic carbocycles. The van der Waals surface area contributed by atoms with Crippen LogP contribution in [0.1, 0.15) is 5.56 Å². The van der Waals surface area contributed by atoms with E-state index >= 15 is 0 Å². The largest absolute Gasteiger partial charge is 0.395 e. The molecule has 0 bridgehead atoms. The first kappa shape index (κ1) is 14.7. The van der Waals surface area contributed by atoms with Crippen molar-refractivity contribution in [2.75, 3.05) is 26.3 Å². The fraction of sp³-hybridized carbons (Fsp3) is 0.312. The van der Waals surface area contributed by atoms with Gasteiger partial charge in [0.2, 0.25) is 0 Å². The fourth-order valence-electron chi connectivity index (χ4n) is 2.13. The predicted octanol–water partition coefficient (Wildman–Crippen LogP) is 1.54. The number of hydrogen-bond acceptors (Lipinski definition) is 4. The van der Waals surface area contributed by atoms with Crippen LogP contribution in [0.4, 0.5) is 0 Å². The third kappa shape index (κ3) is 4.13. The van der Waals surface area contributed by atoms with E-state index in [1.54, 1.807) is 6.20 Å². The van der Waals surface area contributed by atoms with Gasteiger partial charge in [-0.25, -0.2) is 0 Å². The summed E-state index contributed by atoms with van der Waals surface area (Å²) in [5, 5.41) is 18.0. The molecular weight excluding hydrogens is 252 g/mol. The normalized spacial score (nSPS) is 10.9. The number of nitrogens with zero attached hydrogens (tertiary/aromatic N) is 2. The fourth-order valence-corrected chi connectivity index (χ4v) is 2.13. The van der Waals surface area contributed by atoms with Gasteiger partial charge in [0.05, 0.1) is 18.9 Å². The third-order valence-corrected chi connectivity index (χ3v) is 3.15. The lowest BCUT2D eigenvalue weighted by Crippen LogP contribution is -2.29. The lowest BCUT2D eigenvalue weighted by molar-refractivity contribution is 0.156. The number of aromatic nitrogens is 1. The van der Waals surface area contributed by atoms with E-state index in [1.165, 1.54) is 0 Å². The number of rotatable bonds is 7. The predicted molar refractivity (Wildman–Crippen MR) is 79.1 cm³/mol. The van der Waals surface area contributed by atoms with Gasteiger partial charge < -0.3 is 10.2 Å². The minimum Gasteiger partial charge on any atom is -0.395 e. The summed E-state index contributed by atoms with van der Waals surface area (Å²) >= 11 is 0. The standard InChI is InChI=1S/C16H20N2O2/c19-11-9-18(10-12-20)13-14-4-6-15(7-5-14)16-3-1-2-8-17-16/h1-8,19-20H,9-13H2. The van der Waals surface area contributed by atoms with Crippen LogP contribution in [-0.4, -0.2) is 46.4 Å². The van der Waals surface area contributed by atoms with E-state index in [0.717, 1.165) is 23.4 Å². The Morgan fingerprint density at radius 1 is 0.900 bits per heavy atom. The molecule has 1 aromatic heterocycles. The molecule has 2 aromatic rings. The van der Waals surface area contributed by atoms with Crippen molar-refractivity contribution in [2.45, 2.75) is 6.54 Å². The molecule has 0 radical (unpaired) electrons. The Labute approximate surface area is 119 Å². The SMILES string of the molecule is OCCN(CCO)Cc1ccc(-c2ccccn2)cc1. The molecule has 0 aliphatic heterocycles. The quantitative estimate of drug-likeness (QED) is 0.802. The number of pyridine rings is 1. The summed E-state index contributed by atoms with van der Waals surface area (Å²) in [5.41, 5.74) is 3.21. The van der Waals surface area contributed by atoms with Crippen molar-refractivity contribution < 1.29 is 10.2 Å². The van der Waals surface area contributed by atoms with E-state index in [0.29, 0.717) is 13.1 Å². The summed E-state index contributed by atoms with van der Waals surface area (Å²) in [4.78, 5) is 6.35. The maximum absolute atomic E-state index is 9.00. The van der Waals surface area contributed by atoms with Gasteiger partial charge in [0.25, 0.3) is 0 Å². The van der Waals surface area contributed by atoms with Crippen LogP contribution in [0.25, 0.3) is 11.3 Å². The second-order valence-corrected chi connectivity index (χ2v) is 4.64. The first-order valence-corrected chi connectivity index (χ1v) is 6.78. The number of hydrogen-bond donors (Lipinski definition) is 2. The summed E-state index contributed by atoms with van der Waals surface area (Å²) in [5.74, 6) is 0.